The molecule has 0 aromatic rings. The highest BCUT2D eigenvalue weighted by Crippen LogP contribution is 2.59. The fourth-order valence-corrected chi connectivity index (χ4v) is 5.78. The second kappa shape index (κ2) is 14.2. The van der Waals surface area contributed by atoms with Crippen LogP contribution in [0.3, 0.4) is 0 Å². The Hall–Kier alpha value is 0.110. The Morgan fingerprint density at radius 3 is 1.50 bits per heavy atom. The first-order valence-electron chi connectivity index (χ1n) is 10.7. The van der Waals surface area contributed by atoms with Gasteiger partial charge in [-0.1, -0.05) is 79.1 Å². The van der Waals surface area contributed by atoms with Crippen LogP contribution in [0.4, 0.5) is 0 Å². The Kier molecular flexibility index (Phi) is 14.2. The smallest absolute Gasteiger partial charge is 0.331 e. The standard InChI is InChI=1S/C21H45O4P/c1-19(2)17-21(18-20(3)4,26(22,23)24)15-13-11-9-7-6-8-10-12-14-16-25-5/h19-20H,6-18H2,1-5H3,(H2,22,23,24). The van der Waals surface area contributed by atoms with Gasteiger partial charge in [-0.15, -0.1) is 0 Å². The van der Waals surface area contributed by atoms with Gasteiger partial charge in [0.2, 0.25) is 0 Å². The van der Waals surface area contributed by atoms with Gasteiger partial charge in [0.05, 0.1) is 5.16 Å². The molecule has 0 aromatic heterocycles. The normalized spacial score (nSPS) is 13.1. The zero-order valence-corrected chi connectivity index (χ0v) is 18.9. The molecule has 0 rings (SSSR count). The van der Waals surface area contributed by atoms with Crippen LogP contribution in [-0.2, 0) is 9.30 Å². The van der Waals surface area contributed by atoms with E-state index in [9.17, 15) is 14.4 Å². The number of rotatable bonds is 17. The first-order valence-corrected chi connectivity index (χ1v) is 12.3. The van der Waals surface area contributed by atoms with Gasteiger partial charge in [-0.25, -0.2) is 0 Å². The molecule has 0 bridgehead atoms. The summed E-state index contributed by atoms with van der Waals surface area (Å²) in [7, 11) is -2.35. The lowest BCUT2D eigenvalue weighted by Gasteiger charge is -2.37. The van der Waals surface area contributed by atoms with Gasteiger partial charge in [0.25, 0.3) is 0 Å². The van der Waals surface area contributed by atoms with Crippen molar-refractivity contribution < 1.29 is 19.1 Å². The van der Waals surface area contributed by atoms with Crippen LogP contribution in [0.1, 0.15) is 105 Å². The Morgan fingerprint density at radius 1 is 0.769 bits per heavy atom. The van der Waals surface area contributed by atoms with Crippen LogP contribution >= 0.6 is 7.60 Å². The highest BCUT2D eigenvalue weighted by Gasteiger charge is 2.46. The molecular weight excluding hydrogens is 347 g/mol. The highest BCUT2D eigenvalue weighted by molar-refractivity contribution is 7.53. The molecule has 0 aliphatic rings. The molecule has 0 saturated heterocycles. The lowest BCUT2D eigenvalue weighted by atomic mass is 9.84. The topological polar surface area (TPSA) is 66.8 Å². The van der Waals surface area contributed by atoms with Gasteiger partial charge >= 0.3 is 7.60 Å². The van der Waals surface area contributed by atoms with Crippen LogP contribution in [-0.4, -0.2) is 28.7 Å². The first-order chi connectivity index (χ1) is 12.1. The molecule has 0 radical (unpaired) electrons. The molecule has 158 valence electrons. The van der Waals surface area contributed by atoms with Gasteiger partial charge in [-0.3, -0.25) is 4.57 Å². The van der Waals surface area contributed by atoms with Crippen molar-refractivity contribution in [2.24, 2.45) is 11.8 Å². The first kappa shape index (κ1) is 26.1. The largest absolute Gasteiger partial charge is 0.385 e. The fraction of sp³-hybridized carbons (Fsp3) is 1.00. The number of hydrogen-bond acceptors (Lipinski definition) is 2. The lowest BCUT2D eigenvalue weighted by Crippen LogP contribution is -2.32. The molecule has 0 fully saturated rings. The summed E-state index contributed by atoms with van der Waals surface area (Å²) in [5.41, 5.74) is 0. The SMILES string of the molecule is COCCCCCCCCCCCC(CC(C)C)(CC(C)C)P(=O)(O)O. The summed E-state index contributed by atoms with van der Waals surface area (Å²) in [6.45, 7) is 9.14. The average molecular weight is 393 g/mol. The van der Waals surface area contributed by atoms with Crippen molar-refractivity contribution in [2.45, 2.75) is 110 Å². The summed E-state index contributed by atoms with van der Waals surface area (Å²) in [5.74, 6) is 0.610. The molecular formula is C21H45O4P. The number of ether oxygens (including phenoxy) is 1. The van der Waals surface area contributed by atoms with Crippen LogP contribution in [0.25, 0.3) is 0 Å². The van der Waals surface area contributed by atoms with Crippen LogP contribution in [0.2, 0.25) is 0 Å². The summed E-state index contributed by atoms with van der Waals surface area (Å²) in [5, 5.41) is -0.823. The molecule has 0 amide bonds. The summed E-state index contributed by atoms with van der Waals surface area (Å²) in [6, 6.07) is 0. The van der Waals surface area contributed by atoms with Crippen molar-refractivity contribution in [1.82, 2.24) is 0 Å². The van der Waals surface area contributed by atoms with Crippen molar-refractivity contribution in [2.75, 3.05) is 13.7 Å². The van der Waals surface area contributed by atoms with E-state index in [-0.39, 0.29) is 0 Å². The van der Waals surface area contributed by atoms with E-state index in [0.717, 1.165) is 25.9 Å². The van der Waals surface area contributed by atoms with Gasteiger partial charge in [0.15, 0.2) is 0 Å². The maximum absolute atomic E-state index is 12.3. The third-order valence-electron chi connectivity index (χ3n) is 5.18. The minimum absolute atomic E-state index is 0.305. The molecule has 26 heavy (non-hydrogen) atoms. The predicted molar refractivity (Wildman–Crippen MR) is 112 cm³/mol. The van der Waals surface area contributed by atoms with Crippen molar-refractivity contribution in [3.05, 3.63) is 0 Å². The molecule has 2 N–H and O–H groups in total. The predicted octanol–water partition coefficient (Wildman–Crippen LogP) is 6.54. The van der Waals surface area contributed by atoms with Crippen LogP contribution in [0.5, 0.6) is 0 Å². The average Bonchev–Trinajstić information content (AvgIpc) is 2.50. The second-order valence-electron chi connectivity index (χ2n) is 8.89. The van der Waals surface area contributed by atoms with E-state index in [2.05, 4.69) is 27.7 Å². The zero-order valence-electron chi connectivity index (χ0n) is 18.0. The molecule has 0 heterocycles. The molecule has 4 nitrogen and oxygen atoms in total. The quantitative estimate of drug-likeness (QED) is 0.218. The third kappa shape index (κ3) is 11.7. The molecule has 0 atom stereocenters. The van der Waals surface area contributed by atoms with Crippen molar-refractivity contribution in [1.29, 1.82) is 0 Å². The number of unbranched alkanes of at least 4 members (excludes halogenated alkanes) is 8. The summed E-state index contributed by atoms with van der Waals surface area (Å²) < 4.78 is 17.4. The van der Waals surface area contributed by atoms with Gasteiger partial charge in [-0.2, -0.15) is 0 Å². The fourth-order valence-electron chi connectivity index (χ4n) is 4.13. The molecule has 0 unspecified atom stereocenters. The summed E-state index contributed by atoms with van der Waals surface area (Å²) >= 11 is 0. The summed E-state index contributed by atoms with van der Waals surface area (Å²) in [4.78, 5) is 20.2. The molecule has 0 aromatic carbocycles. The van der Waals surface area contributed by atoms with E-state index in [1.54, 1.807) is 7.11 Å². The van der Waals surface area contributed by atoms with Gasteiger partial charge in [-0.05, 0) is 37.5 Å². The highest BCUT2D eigenvalue weighted by atomic mass is 31.2. The van der Waals surface area contributed by atoms with E-state index in [1.165, 1.54) is 38.5 Å². The molecule has 0 spiro atoms. The van der Waals surface area contributed by atoms with E-state index in [0.29, 0.717) is 31.1 Å². The molecule has 0 saturated carbocycles. The third-order valence-corrected chi connectivity index (χ3v) is 7.01. The van der Waals surface area contributed by atoms with Crippen molar-refractivity contribution >= 4 is 7.60 Å². The van der Waals surface area contributed by atoms with Crippen molar-refractivity contribution in [3.8, 4) is 0 Å². The lowest BCUT2D eigenvalue weighted by molar-refractivity contribution is 0.192. The van der Waals surface area contributed by atoms with E-state index in [1.807, 2.05) is 0 Å². The molecule has 5 heteroatoms. The Bertz CT molecular complexity index is 366. The minimum Gasteiger partial charge on any atom is -0.385 e. The van der Waals surface area contributed by atoms with Crippen LogP contribution in [0, 0.1) is 11.8 Å². The molecule has 0 aliphatic heterocycles. The summed E-state index contributed by atoms with van der Waals surface area (Å²) in [6.07, 6.45) is 12.6. The van der Waals surface area contributed by atoms with E-state index >= 15 is 0 Å². The minimum atomic E-state index is -4.10. The Labute approximate surface area is 162 Å². The van der Waals surface area contributed by atoms with E-state index in [4.69, 9.17) is 4.74 Å². The Balaban J connectivity index is 4.20. The van der Waals surface area contributed by atoms with E-state index < -0.39 is 12.8 Å². The maximum Gasteiger partial charge on any atom is 0.331 e. The van der Waals surface area contributed by atoms with Crippen molar-refractivity contribution in [3.63, 3.8) is 0 Å². The monoisotopic (exact) mass is 392 g/mol. The van der Waals surface area contributed by atoms with Crippen LogP contribution < -0.4 is 0 Å². The van der Waals surface area contributed by atoms with Gasteiger partial charge in [0, 0.05) is 13.7 Å². The maximum atomic E-state index is 12.3. The zero-order chi connectivity index (χ0) is 20.1. The van der Waals surface area contributed by atoms with Crippen LogP contribution in [0.15, 0.2) is 0 Å². The molecule has 0 aliphatic carbocycles. The number of hydrogen-bond donors (Lipinski definition) is 2. The Morgan fingerprint density at radius 2 is 1.15 bits per heavy atom. The van der Waals surface area contributed by atoms with Gasteiger partial charge < -0.3 is 14.5 Å². The van der Waals surface area contributed by atoms with Gasteiger partial charge in [0.1, 0.15) is 0 Å². The number of methoxy groups -OCH3 is 1. The second-order valence-corrected chi connectivity index (χ2v) is 10.9.